The summed E-state index contributed by atoms with van der Waals surface area (Å²) in [5, 5.41) is 15.5. The Labute approximate surface area is 123 Å². The van der Waals surface area contributed by atoms with Gasteiger partial charge in [-0.2, -0.15) is 5.10 Å². The Morgan fingerprint density at radius 3 is 2.80 bits per heavy atom. The molecule has 0 aliphatic rings. The first-order valence-electron chi connectivity index (χ1n) is 5.78. The molecule has 0 fully saturated rings. The van der Waals surface area contributed by atoms with Crippen LogP contribution >= 0.6 is 23.2 Å². The van der Waals surface area contributed by atoms with Gasteiger partial charge < -0.3 is 0 Å². The summed E-state index contributed by atoms with van der Waals surface area (Å²) in [5.74, 6) is 0. The van der Waals surface area contributed by atoms with Gasteiger partial charge in [-0.25, -0.2) is 4.68 Å². The molecule has 0 aliphatic heterocycles. The van der Waals surface area contributed by atoms with Gasteiger partial charge in [0.1, 0.15) is 5.52 Å². The Bertz CT molecular complexity index is 855. The maximum absolute atomic E-state index is 12.2. The molecule has 20 heavy (non-hydrogen) atoms. The van der Waals surface area contributed by atoms with Crippen LogP contribution in [-0.4, -0.2) is 25.2 Å². The van der Waals surface area contributed by atoms with Crippen molar-refractivity contribution >= 4 is 34.2 Å². The SMILES string of the molecule is Cc1[nH]nc2c(=O)n(Cc3ccc(Cl)c(Cl)c3)nnc12. The van der Waals surface area contributed by atoms with E-state index in [-0.39, 0.29) is 17.6 Å². The van der Waals surface area contributed by atoms with Crippen LogP contribution in [-0.2, 0) is 6.54 Å². The van der Waals surface area contributed by atoms with E-state index in [0.717, 1.165) is 5.56 Å². The molecule has 0 aliphatic carbocycles. The van der Waals surface area contributed by atoms with Crippen LogP contribution in [0.25, 0.3) is 11.0 Å². The number of halogens is 2. The summed E-state index contributed by atoms with van der Waals surface area (Å²) in [6.07, 6.45) is 0. The van der Waals surface area contributed by atoms with E-state index >= 15 is 0 Å². The molecule has 0 amide bonds. The van der Waals surface area contributed by atoms with Gasteiger partial charge in [-0.1, -0.05) is 34.5 Å². The predicted octanol–water partition coefficient (Wildman–Crippen LogP) is 2.18. The van der Waals surface area contributed by atoms with Crippen LogP contribution in [0, 0.1) is 6.92 Å². The molecule has 1 aromatic carbocycles. The largest absolute Gasteiger partial charge is 0.298 e. The summed E-state index contributed by atoms with van der Waals surface area (Å²) < 4.78 is 1.24. The number of fused-ring (bicyclic) bond motifs is 1. The minimum atomic E-state index is -0.301. The first-order chi connectivity index (χ1) is 9.56. The Hall–Kier alpha value is -1.92. The highest BCUT2D eigenvalue weighted by atomic mass is 35.5. The van der Waals surface area contributed by atoms with Gasteiger partial charge >= 0.3 is 0 Å². The first kappa shape index (κ1) is 13.1. The Kier molecular flexibility index (Phi) is 3.19. The van der Waals surface area contributed by atoms with E-state index in [1.54, 1.807) is 25.1 Å². The fraction of sp³-hybridized carbons (Fsp3) is 0.167. The van der Waals surface area contributed by atoms with Crippen molar-refractivity contribution in [2.45, 2.75) is 13.5 Å². The average molecular weight is 310 g/mol. The molecule has 0 saturated heterocycles. The van der Waals surface area contributed by atoms with Crippen molar-refractivity contribution in [3.63, 3.8) is 0 Å². The fourth-order valence-corrected chi connectivity index (χ4v) is 2.19. The lowest BCUT2D eigenvalue weighted by Crippen LogP contribution is -2.24. The summed E-state index contributed by atoms with van der Waals surface area (Å²) >= 11 is 11.8. The van der Waals surface area contributed by atoms with Crippen LogP contribution in [0.15, 0.2) is 23.0 Å². The van der Waals surface area contributed by atoms with Gasteiger partial charge in [0.05, 0.1) is 22.3 Å². The lowest BCUT2D eigenvalue weighted by atomic mass is 10.2. The van der Waals surface area contributed by atoms with Gasteiger partial charge in [0, 0.05) is 0 Å². The fourth-order valence-electron chi connectivity index (χ4n) is 1.87. The molecule has 2 heterocycles. The number of benzene rings is 1. The quantitative estimate of drug-likeness (QED) is 0.787. The number of hydrogen-bond acceptors (Lipinski definition) is 4. The van der Waals surface area contributed by atoms with Crippen LogP contribution in [0.4, 0.5) is 0 Å². The number of aromatic nitrogens is 5. The van der Waals surface area contributed by atoms with Gasteiger partial charge in [0.2, 0.25) is 0 Å². The molecule has 0 radical (unpaired) electrons. The summed E-state index contributed by atoms with van der Waals surface area (Å²) in [6.45, 7) is 2.04. The van der Waals surface area contributed by atoms with Crippen molar-refractivity contribution in [2.75, 3.05) is 0 Å². The minimum absolute atomic E-state index is 0.255. The molecular weight excluding hydrogens is 301 g/mol. The van der Waals surface area contributed by atoms with E-state index in [4.69, 9.17) is 23.2 Å². The van der Waals surface area contributed by atoms with E-state index in [1.807, 2.05) is 0 Å². The van der Waals surface area contributed by atoms with Crippen LogP contribution < -0.4 is 5.56 Å². The van der Waals surface area contributed by atoms with E-state index in [9.17, 15) is 4.79 Å². The normalized spacial score (nSPS) is 11.2. The average Bonchev–Trinajstić information content (AvgIpc) is 2.80. The molecule has 3 aromatic rings. The monoisotopic (exact) mass is 309 g/mol. The number of H-pyrrole nitrogens is 1. The number of aryl methyl sites for hydroxylation is 1. The van der Waals surface area contributed by atoms with Crippen LogP contribution in [0.1, 0.15) is 11.3 Å². The molecule has 0 atom stereocenters. The van der Waals surface area contributed by atoms with Crippen molar-refractivity contribution < 1.29 is 0 Å². The van der Waals surface area contributed by atoms with Gasteiger partial charge in [0.15, 0.2) is 5.52 Å². The van der Waals surface area contributed by atoms with Crippen molar-refractivity contribution in [3.05, 3.63) is 49.9 Å². The summed E-state index contributed by atoms with van der Waals surface area (Å²) in [4.78, 5) is 12.2. The van der Waals surface area contributed by atoms with E-state index in [0.29, 0.717) is 21.3 Å². The molecule has 0 spiro atoms. The molecule has 1 N–H and O–H groups in total. The van der Waals surface area contributed by atoms with E-state index < -0.39 is 0 Å². The van der Waals surface area contributed by atoms with Crippen LogP contribution in [0.2, 0.25) is 10.0 Å². The van der Waals surface area contributed by atoms with Gasteiger partial charge in [-0.3, -0.25) is 9.89 Å². The first-order valence-corrected chi connectivity index (χ1v) is 6.54. The maximum atomic E-state index is 12.2. The van der Waals surface area contributed by atoms with E-state index in [2.05, 4.69) is 20.5 Å². The number of aromatic amines is 1. The topological polar surface area (TPSA) is 76.5 Å². The molecule has 0 unspecified atom stereocenters. The van der Waals surface area contributed by atoms with E-state index in [1.165, 1.54) is 4.68 Å². The van der Waals surface area contributed by atoms with Crippen molar-refractivity contribution in [1.29, 1.82) is 0 Å². The number of rotatable bonds is 2. The molecular formula is C12H9Cl2N5O. The predicted molar refractivity (Wildman–Crippen MR) is 76.2 cm³/mol. The van der Waals surface area contributed by atoms with Crippen LogP contribution in [0.5, 0.6) is 0 Å². The Morgan fingerprint density at radius 2 is 2.05 bits per heavy atom. The standard InChI is InChI=1S/C12H9Cl2N5O/c1-6-10-11(16-15-6)12(20)19(18-17-10)5-7-2-3-8(13)9(14)4-7/h2-4H,5H2,1H3,(H,15,16). The van der Waals surface area contributed by atoms with Gasteiger partial charge in [0.25, 0.3) is 5.56 Å². The second kappa shape index (κ2) is 4.88. The highest BCUT2D eigenvalue weighted by Gasteiger charge is 2.11. The highest BCUT2D eigenvalue weighted by molar-refractivity contribution is 6.42. The summed E-state index contributed by atoms with van der Waals surface area (Å²) in [7, 11) is 0. The molecule has 8 heteroatoms. The molecule has 0 bridgehead atoms. The smallest absolute Gasteiger partial charge is 0.280 e. The maximum Gasteiger partial charge on any atom is 0.298 e. The number of nitrogens with zero attached hydrogens (tertiary/aromatic N) is 4. The highest BCUT2D eigenvalue weighted by Crippen LogP contribution is 2.22. The van der Waals surface area contributed by atoms with Crippen molar-refractivity contribution in [2.24, 2.45) is 0 Å². The van der Waals surface area contributed by atoms with Crippen LogP contribution in [0.3, 0.4) is 0 Å². The van der Waals surface area contributed by atoms with Gasteiger partial charge in [-0.05, 0) is 24.6 Å². The minimum Gasteiger partial charge on any atom is -0.280 e. The summed E-state index contributed by atoms with van der Waals surface area (Å²) in [5.41, 5.74) is 1.98. The second-order valence-corrected chi connectivity index (χ2v) is 5.16. The third-order valence-corrected chi connectivity index (χ3v) is 3.66. The Morgan fingerprint density at radius 1 is 1.25 bits per heavy atom. The third-order valence-electron chi connectivity index (χ3n) is 2.92. The van der Waals surface area contributed by atoms with Gasteiger partial charge in [-0.15, -0.1) is 5.10 Å². The number of hydrogen-bond donors (Lipinski definition) is 1. The zero-order chi connectivity index (χ0) is 14.3. The Balaban J connectivity index is 2.04. The second-order valence-electron chi connectivity index (χ2n) is 4.35. The van der Waals surface area contributed by atoms with Crippen molar-refractivity contribution in [1.82, 2.24) is 25.2 Å². The molecule has 2 aromatic heterocycles. The van der Waals surface area contributed by atoms with Crippen molar-refractivity contribution in [3.8, 4) is 0 Å². The number of nitrogens with one attached hydrogen (secondary N) is 1. The lowest BCUT2D eigenvalue weighted by molar-refractivity contribution is 0.600. The molecule has 6 nitrogen and oxygen atoms in total. The summed E-state index contributed by atoms with van der Waals surface area (Å²) in [6, 6.07) is 5.15. The third kappa shape index (κ3) is 2.17. The zero-order valence-electron chi connectivity index (χ0n) is 10.4. The zero-order valence-corrected chi connectivity index (χ0v) is 11.9. The molecule has 0 saturated carbocycles. The molecule has 3 rings (SSSR count). The lowest BCUT2D eigenvalue weighted by Gasteiger charge is -2.04. The molecule has 102 valence electrons.